The lowest BCUT2D eigenvalue weighted by Crippen LogP contribution is -2.42. The summed E-state index contributed by atoms with van der Waals surface area (Å²) in [5.74, 6) is -0.0300. The minimum atomic E-state index is -0.144. The van der Waals surface area contributed by atoms with Crippen LogP contribution in [0.4, 0.5) is 0 Å². The molecule has 0 saturated carbocycles. The van der Waals surface area contributed by atoms with E-state index in [1.165, 1.54) is 17.6 Å². The first-order chi connectivity index (χ1) is 13.1. The van der Waals surface area contributed by atoms with E-state index in [1.807, 2.05) is 35.9 Å². The average Bonchev–Trinajstić information content (AvgIpc) is 3.35. The summed E-state index contributed by atoms with van der Waals surface area (Å²) in [6.45, 7) is 1.07. The Morgan fingerprint density at radius 1 is 1.19 bits per heavy atom. The molecule has 1 aromatic carbocycles. The van der Waals surface area contributed by atoms with Crippen molar-refractivity contribution < 1.29 is 14.0 Å². The number of hydrogen-bond acceptors (Lipinski definition) is 5. The van der Waals surface area contributed by atoms with Gasteiger partial charge in [0.05, 0.1) is 16.5 Å². The van der Waals surface area contributed by atoms with Gasteiger partial charge in [0.1, 0.15) is 0 Å². The van der Waals surface area contributed by atoms with Gasteiger partial charge in [-0.1, -0.05) is 23.5 Å². The van der Waals surface area contributed by atoms with E-state index in [0.29, 0.717) is 31.7 Å². The first-order valence-corrected chi connectivity index (χ1v) is 9.66. The number of thiazole rings is 1. The van der Waals surface area contributed by atoms with Crippen molar-refractivity contribution in [2.75, 3.05) is 13.1 Å². The minimum Gasteiger partial charge on any atom is -0.459 e. The third-order valence-electron chi connectivity index (χ3n) is 4.86. The smallest absolute Gasteiger partial charge is 0.289 e. The number of benzene rings is 1. The third kappa shape index (κ3) is 3.52. The number of nitrogens with one attached hydrogen (secondary N) is 1. The highest BCUT2D eigenvalue weighted by Gasteiger charge is 2.28. The second-order valence-electron chi connectivity index (χ2n) is 6.54. The molecule has 3 aromatic rings. The van der Waals surface area contributed by atoms with Crippen LogP contribution >= 0.6 is 11.3 Å². The highest BCUT2D eigenvalue weighted by atomic mass is 32.1. The minimum absolute atomic E-state index is 0.0995. The number of carbonyl (C=O) groups is 2. The second kappa shape index (κ2) is 7.40. The van der Waals surface area contributed by atoms with E-state index in [1.54, 1.807) is 17.0 Å². The molecular formula is C19H20N4O3S. The largest absolute Gasteiger partial charge is 0.459 e. The van der Waals surface area contributed by atoms with E-state index < -0.39 is 0 Å². The zero-order chi connectivity index (χ0) is 18.8. The summed E-state index contributed by atoms with van der Waals surface area (Å²) < 4.78 is 8.25. The Bertz CT molecular complexity index is 1030. The Hall–Kier alpha value is -2.87. The summed E-state index contributed by atoms with van der Waals surface area (Å²) in [6, 6.07) is 11.4. The Morgan fingerprint density at radius 2 is 1.96 bits per heavy atom. The monoisotopic (exact) mass is 384 g/mol. The molecule has 0 aliphatic carbocycles. The van der Waals surface area contributed by atoms with Gasteiger partial charge in [0.25, 0.3) is 5.91 Å². The number of likely N-dealkylation sites (tertiary alicyclic amines) is 1. The van der Waals surface area contributed by atoms with Crippen LogP contribution in [0.1, 0.15) is 23.4 Å². The van der Waals surface area contributed by atoms with Crippen molar-refractivity contribution in [3.05, 3.63) is 53.2 Å². The maximum atomic E-state index is 12.5. The van der Waals surface area contributed by atoms with Crippen LogP contribution in [0.3, 0.4) is 0 Å². The van der Waals surface area contributed by atoms with Crippen LogP contribution in [0, 0.1) is 5.92 Å². The summed E-state index contributed by atoms with van der Waals surface area (Å²) >= 11 is 1.53. The fourth-order valence-electron chi connectivity index (χ4n) is 3.28. The van der Waals surface area contributed by atoms with Gasteiger partial charge in [0.15, 0.2) is 5.76 Å². The molecule has 1 fully saturated rings. The number of furan rings is 1. The molecule has 0 bridgehead atoms. The Morgan fingerprint density at radius 3 is 2.67 bits per heavy atom. The molecular weight excluding hydrogens is 364 g/mol. The molecule has 4 rings (SSSR count). The summed E-state index contributed by atoms with van der Waals surface area (Å²) in [4.78, 5) is 27.2. The van der Waals surface area contributed by atoms with Crippen LogP contribution in [-0.4, -0.2) is 34.4 Å². The predicted octanol–water partition coefficient (Wildman–Crippen LogP) is 2.32. The molecule has 8 heteroatoms. The maximum Gasteiger partial charge on any atom is 0.289 e. The predicted molar refractivity (Wildman–Crippen MR) is 102 cm³/mol. The average molecular weight is 384 g/mol. The lowest BCUT2D eigenvalue weighted by molar-refractivity contribution is -0.126. The SMILES string of the molecule is Cn1c(=NNC(=O)C2CCN(C(=O)c3ccco3)CC2)sc2ccccc21. The van der Waals surface area contributed by atoms with Gasteiger partial charge < -0.3 is 13.9 Å². The van der Waals surface area contributed by atoms with Crippen molar-refractivity contribution in [1.29, 1.82) is 0 Å². The van der Waals surface area contributed by atoms with Crippen LogP contribution in [-0.2, 0) is 11.8 Å². The van der Waals surface area contributed by atoms with Gasteiger partial charge >= 0.3 is 0 Å². The van der Waals surface area contributed by atoms with Crippen LogP contribution < -0.4 is 10.2 Å². The number of aryl methyl sites for hydroxylation is 1. The van der Waals surface area contributed by atoms with Crippen LogP contribution in [0.25, 0.3) is 10.2 Å². The fourth-order valence-corrected chi connectivity index (χ4v) is 4.26. The van der Waals surface area contributed by atoms with Gasteiger partial charge in [-0.3, -0.25) is 9.59 Å². The summed E-state index contributed by atoms with van der Waals surface area (Å²) in [5, 5.41) is 4.30. The molecule has 0 atom stereocenters. The van der Waals surface area contributed by atoms with E-state index in [2.05, 4.69) is 10.5 Å². The molecule has 1 saturated heterocycles. The van der Waals surface area contributed by atoms with E-state index in [-0.39, 0.29) is 17.7 Å². The summed E-state index contributed by atoms with van der Waals surface area (Å²) in [5.41, 5.74) is 3.78. The highest BCUT2D eigenvalue weighted by Crippen LogP contribution is 2.19. The van der Waals surface area contributed by atoms with E-state index in [9.17, 15) is 9.59 Å². The van der Waals surface area contributed by atoms with Crippen molar-refractivity contribution >= 4 is 33.4 Å². The Kier molecular flexibility index (Phi) is 4.81. The quantitative estimate of drug-likeness (QED) is 0.704. The molecule has 0 spiro atoms. The van der Waals surface area contributed by atoms with Gasteiger partial charge in [0, 0.05) is 26.1 Å². The fraction of sp³-hybridized carbons (Fsp3) is 0.316. The lowest BCUT2D eigenvalue weighted by atomic mass is 9.96. The number of hydrogen-bond donors (Lipinski definition) is 1. The molecule has 2 amide bonds. The zero-order valence-corrected chi connectivity index (χ0v) is 15.7. The number of carbonyl (C=O) groups excluding carboxylic acids is 2. The number of aromatic nitrogens is 1. The van der Waals surface area contributed by atoms with E-state index in [4.69, 9.17) is 4.42 Å². The van der Waals surface area contributed by atoms with Crippen molar-refractivity contribution in [2.24, 2.45) is 18.1 Å². The van der Waals surface area contributed by atoms with E-state index >= 15 is 0 Å². The van der Waals surface area contributed by atoms with Crippen LogP contribution in [0.2, 0.25) is 0 Å². The maximum absolute atomic E-state index is 12.5. The highest BCUT2D eigenvalue weighted by molar-refractivity contribution is 7.16. The lowest BCUT2D eigenvalue weighted by Gasteiger charge is -2.30. The topological polar surface area (TPSA) is 79.8 Å². The molecule has 2 aromatic heterocycles. The molecule has 27 heavy (non-hydrogen) atoms. The molecule has 0 unspecified atom stereocenters. The summed E-state index contributed by atoms with van der Waals surface area (Å²) in [6.07, 6.45) is 2.72. The number of nitrogens with zero attached hydrogens (tertiary/aromatic N) is 3. The third-order valence-corrected chi connectivity index (χ3v) is 5.97. The first kappa shape index (κ1) is 17.5. The van der Waals surface area contributed by atoms with Crippen LogP contribution in [0.5, 0.6) is 0 Å². The normalized spacial score (nSPS) is 16.0. The van der Waals surface area contributed by atoms with Gasteiger partial charge in [0.2, 0.25) is 10.7 Å². The number of amides is 2. The van der Waals surface area contributed by atoms with Crippen molar-refractivity contribution in [3.8, 4) is 0 Å². The van der Waals surface area contributed by atoms with Gasteiger partial charge in [-0.15, -0.1) is 5.10 Å². The molecule has 0 radical (unpaired) electrons. The summed E-state index contributed by atoms with van der Waals surface area (Å²) in [7, 11) is 1.93. The molecule has 1 aliphatic heterocycles. The number of fused-ring (bicyclic) bond motifs is 1. The van der Waals surface area contributed by atoms with Crippen molar-refractivity contribution in [3.63, 3.8) is 0 Å². The van der Waals surface area contributed by atoms with Gasteiger partial charge in [-0.05, 0) is 37.1 Å². The van der Waals surface area contributed by atoms with Crippen LogP contribution in [0.15, 0.2) is 52.2 Å². The molecule has 140 valence electrons. The molecule has 3 heterocycles. The second-order valence-corrected chi connectivity index (χ2v) is 7.55. The standard InChI is InChI=1S/C19H20N4O3S/c1-22-14-5-2-3-7-16(14)27-19(22)21-20-17(24)13-8-10-23(11-9-13)18(25)15-6-4-12-26-15/h2-7,12-13H,8-11H2,1H3,(H,20,24). The number of rotatable bonds is 3. The van der Waals surface area contributed by atoms with Crippen molar-refractivity contribution in [1.82, 2.24) is 14.9 Å². The Balaban J connectivity index is 1.38. The Labute approximate surface area is 159 Å². The van der Waals surface area contributed by atoms with Gasteiger partial charge in [-0.2, -0.15) is 0 Å². The van der Waals surface area contributed by atoms with Gasteiger partial charge in [-0.25, -0.2) is 5.43 Å². The number of para-hydroxylation sites is 1. The molecule has 7 nitrogen and oxygen atoms in total. The zero-order valence-electron chi connectivity index (χ0n) is 14.9. The molecule has 1 N–H and O–H groups in total. The van der Waals surface area contributed by atoms with Crippen molar-refractivity contribution in [2.45, 2.75) is 12.8 Å². The number of piperidine rings is 1. The first-order valence-electron chi connectivity index (χ1n) is 8.84. The molecule has 1 aliphatic rings. The van der Waals surface area contributed by atoms with E-state index in [0.717, 1.165) is 15.0 Å².